The first kappa shape index (κ1) is 16.5. The summed E-state index contributed by atoms with van der Waals surface area (Å²) in [6.45, 7) is 8.15. The molecular weight excluding hydrogens is 332 g/mol. The van der Waals surface area contributed by atoms with Gasteiger partial charge in [0.15, 0.2) is 0 Å². The van der Waals surface area contributed by atoms with Gasteiger partial charge in [-0.3, -0.25) is 9.69 Å². The van der Waals surface area contributed by atoms with Crippen LogP contribution in [0.3, 0.4) is 0 Å². The van der Waals surface area contributed by atoms with Crippen molar-refractivity contribution in [3.63, 3.8) is 0 Å². The van der Waals surface area contributed by atoms with E-state index in [2.05, 4.69) is 26.1 Å². The predicted octanol–water partition coefficient (Wildman–Crippen LogP) is 2.74. The Balaban J connectivity index is 1.85. The zero-order valence-electron chi connectivity index (χ0n) is 12.8. The molecule has 3 atom stereocenters. The van der Waals surface area contributed by atoms with Gasteiger partial charge in [0.2, 0.25) is 5.91 Å². The van der Waals surface area contributed by atoms with Crippen LogP contribution in [0.1, 0.15) is 32.4 Å². The molecule has 1 amide bonds. The number of nitrogens with one attached hydrogen (secondary N) is 1. The summed E-state index contributed by atoms with van der Waals surface area (Å²) in [7, 11) is 0. The van der Waals surface area contributed by atoms with Crippen LogP contribution in [0, 0.1) is 0 Å². The van der Waals surface area contributed by atoms with Crippen LogP contribution in [-0.4, -0.2) is 42.6 Å². The maximum Gasteiger partial charge on any atom is 0.234 e. The molecule has 0 spiro atoms. The molecule has 1 fully saturated rings. The second-order valence-corrected chi connectivity index (χ2v) is 6.71. The van der Waals surface area contributed by atoms with Gasteiger partial charge in [-0.2, -0.15) is 0 Å². The fourth-order valence-electron chi connectivity index (χ4n) is 2.74. The smallest absolute Gasteiger partial charge is 0.234 e. The van der Waals surface area contributed by atoms with E-state index < -0.39 is 0 Å². The Labute approximate surface area is 135 Å². The highest BCUT2D eigenvalue weighted by molar-refractivity contribution is 9.10. The standard InChI is InChI=1S/C16H23BrN2O2/c1-11-8-19(9-12(2)21-11)10-16(20)18-13(3)14-4-6-15(17)7-5-14/h4-7,11-13H,8-10H2,1-3H3,(H,18,20)/t11-,12+,13-/m0/s1. The number of nitrogens with zero attached hydrogens (tertiary/aromatic N) is 1. The van der Waals surface area contributed by atoms with Gasteiger partial charge in [-0.05, 0) is 38.5 Å². The number of hydrogen-bond acceptors (Lipinski definition) is 3. The Morgan fingerprint density at radius 2 is 1.90 bits per heavy atom. The molecule has 1 aromatic rings. The quantitative estimate of drug-likeness (QED) is 0.903. The molecule has 1 aliphatic rings. The van der Waals surface area contributed by atoms with Crippen molar-refractivity contribution in [3.05, 3.63) is 34.3 Å². The van der Waals surface area contributed by atoms with Gasteiger partial charge in [-0.25, -0.2) is 0 Å². The van der Waals surface area contributed by atoms with Gasteiger partial charge in [-0.1, -0.05) is 28.1 Å². The van der Waals surface area contributed by atoms with Gasteiger partial charge < -0.3 is 10.1 Å². The lowest BCUT2D eigenvalue weighted by molar-refractivity contribution is -0.126. The average molecular weight is 355 g/mol. The van der Waals surface area contributed by atoms with Crippen molar-refractivity contribution in [1.29, 1.82) is 0 Å². The highest BCUT2D eigenvalue weighted by Gasteiger charge is 2.24. The molecule has 2 rings (SSSR count). The molecule has 1 aliphatic heterocycles. The van der Waals surface area contributed by atoms with Crippen molar-refractivity contribution >= 4 is 21.8 Å². The van der Waals surface area contributed by atoms with E-state index in [0.29, 0.717) is 6.54 Å². The van der Waals surface area contributed by atoms with E-state index in [1.165, 1.54) is 0 Å². The van der Waals surface area contributed by atoms with E-state index in [9.17, 15) is 4.79 Å². The topological polar surface area (TPSA) is 41.6 Å². The van der Waals surface area contributed by atoms with Crippen molar-refractivity contribution in [3.8, 4) is 0 Å². The zero-order valence-corrected chi connectivity index (χ0v) is 14.4. The summed E-state index contributed by atoms with van der Waals surface area (Å²) in [5, 5.41) is 3.06. The Morgan fingerprint density at radius 1 is 1.33 bits per heavy atom. The van der Waals surface area contributed by atoms with Crippen LogP contribution >= 0.6 is 15.9 Å². The molecule has 0 bridgehead atoms. The lowest BCUT2D eigenvalue weighted by atomic mass is 10.1. The number of carbonyl (C=O) groups is 1. The van der Waals surface area contributed by atoms with E-state index in [-0.39, 0.29) is 24.2 Å². The normalized spacial score (nSPS) is 24.6. The summed E-state index contributed by atoms with van der Waals surface area (Å²) in [5.74, 6) is 0.0618. The first-order valence-electron chi connectivity index (χ1n) is 7.36. The average Bonchev–Trinajstić information content (AvgIpc) is 2.37. The van der Waals surface area contributed by atoms with E-state index in [0.717, 1.165) is 23.1 Å². The molecule has 0 aliphatic carbocycles. The maximum atomic E-state index is 12.2. The number of morpholine rings is 1. The first-order chi connectivity index (χ1) is 9.94. The van der Waals surface area contributed by atoms with E-state index in [1.807, 2.05) is 45.0 Å². The second-order valence-electron chi connectivity index (χ2n) is 5.79. The molecule has 4 nitrogen and oxygen atoms in total. The monoisotopic (exact) mass is 354 g/mol. The molecule has 0 unspecified atom stereocenters. The minimum atomic E-state index is 0.0153. The van der Waals surface area contributed by atoms with Crippen LogP contribution in [0.5, 0.6) is 0 Å². The van der Waals surface area contributed by atoms with E-state index >= 15 is 0 Å². The SMILES string of the molecule is C[C@@H]1CN(CC(=O)N[C@@H](C)c2ccc(Br)cc2)C[C@H](C)O1. The van der Waals surface area contributed by atoms with Crippen molar-refractivity contribution in [2.45, 2.75) is 39.0 Å². The third-order valence-corrected chi connectivity index (χ3v) is 4.14. The lowest BCUT2D eigenvalue weighted by Gasteiger charge is -2.35. The Bertz CT molecular complexity index is 468. The number of rotatable bonds is 4. The van der Waals surface area contributed by atoms with Crippen LogP contribution in [-0.2, 0) is 9.53 Å². The number of halogens is 1. The van der Waals surface area contributed by atoms with E-state index in [4.69, 9.17) is 4.74 Å². The highest BCUT2D eigenvalue weighted by Crippen LogP contribution is 2.16. The maximum absolute atomic E-state index is 12.2. The first-order valence-corrected chi connectivity index (χ1v) is 8.16. The molecule has 1 N–H and O–H groups in total. The summed E-state index contributed by atoms with van der Waals surface area (Å²) in [6, 6.07) is 8.04. The Hall–Kier alpha value is -0.910. The second kappa shape index (κ2) is 7.38. The number of carbonyl (C=O) groups excluding carboxylic acids is 1. The zero-order chi connectivity index (χ0) is 15.4. The molecule has 0 radical (unpaired) electrons. The highest BCUT2D eigenvalue weighted by atomic mass is 79.9. The molecule has 21 heavy (non-hydrogen) atoms. The number of amides is 1. The number of benzene rings is 1. The van der Waals surface area contributed by atoms with Gasteiger partial charge in [0.1, 0.15) is 0 Å². The summed E-state index contributed by atoms with van der Waals surface area (Å²) < 4.78 is 6.72. The third-order valence-electron chi connectivity index (χ3n) is 3.61. The van der Waals surface area contributed by atoms with Gasteiger partial charge >= 0.3 is 0 Å². The number of hydrogen-bond donors (Lipinski definition) is 1. The van der Waals surface area contributed by atoms with Crippen molar-refractivity contribution in [2.75, 3.05) is 19.6 Å². The summed E-state index contributed by atoms with van der Waals surface area (Å²) in [5.41, 5.74) is 1.11. The van der Waals surface area contributed by atoms with Crippen LogP contribution in [0.15, 0.2) is 28.7 Å². The lowest BCUT2D eigenvalue weighted by Crippen LogP contribution is -2.49. The molecule has 1 saturated heterocycles. The van der Waals surface area contributed by atoms with Gasteiger partial charge in [0.25, 0.3) is 0 Å². The van der Waals surface area contributed by atoms with Gasteiger partial charge in [-0.15, -0.1) is 0 Å². The predicted molar refractivity (Wildman–Crippen MR) is 87.1 cm³/mol. The molecule has 0 aromatic heterocycles. The third kappa shape index (κ3) is 5.09. The van der Waals surface area contributed by atoms with Crippen LogP contribution in [0.2, 0.25) is 0 Å². The van der Waals surface area contributed by atoms with Crippen LogP contribution in [0.4, 0.5) is 0 Å². The minimum absolute atomic E-state index is 0.0153. The summed E-state index contributed by atoms with van der Waals surface area (Å²) in [4.78, 5) is 14.3. The molecule has 0 saturated carbocycles. The number of ether oxygens (including phenoxy) is 1. The summed E-state index contributed by atoms with van der Waals surface area (Å²) in [6.07, 6.45) is 0.371. The van der Waals surface area contributed by atoms with Crippen molar-refractivity contribution in [1.82, 2.24) is 10.2 Å². The van der Waals surface area contributed by atoms with Crippen LogP contribution in [0.25, 0.3) is 0 Å². The Morgan fingerprint density at radius 3 is 2.48 bits per heavy atom. The van der Waals surface area contributed by atoms with Gasteiger partial charge in [0, 0.05) is 17.6 Å². The molecule has 116 valence electrons. The van der Waals surface area contributed by atoms with Crippen molar-refractivity contribution in [2.24, 2.45) is 0 Å². The molecular formula is C16H23BrN2O2. The largest absolute Gasteiger partial charge is 0.373 e. The van der Waals surface area contributed by atoms with Crippen LogP contribution < -0.4 is 5.32 Å². The van der Waals surface area contributed by atoms with E-state index in [1.54, 1.807) is 0 Å². The minimum Gasteiger partial charge on any atom is -0.373 e. The molecule has 1 heterocycles. The fourth-order valence-corrected chi connectivity index (χ4v) is 3.00. The summed E-state index contributed by atoms with van der Waals surface area (Å²) >= 11 is 3.42. The Kier molecular flexibility index (Phi) is 5.79. The molecule has 5 heteroatoms. The van der Waals surface area contributed by atoms with Crippen molar-refractivity contribution < 1.29 is 9.53 Å². The molecule has 1 aromatic carbocycles. The fraction of sp³-hybridized carbons (Fsp3) is 0.562. The van der Waals surface area contributed by atoms with Gasteiger partial charge in [0.05, 0.1) is 24.8 Å².